The summed E-state index contributed by atoms with van der Waals surface area (Å²) < 4.78 is 1.82. The first kappa shape index (κ1) is 18.4. The third-order valence-corrected chi connectivity index (χ3v) is 4.37. The lowest BCUT2D eigenvalue weighted by atomic mass is 10.1. The Labute approximate surface area is 166 Å². The van der Waals surface area contributed by atoms with E-state index in [9.17, 15) is 0 Å². The van der Waals surface area contributed by atoms with Gasteiger partial charge < -0.3 is 5.73 Å². The molecule has 3 rings (SSSR count). The van der Waals surface area contributed by atoms with Gasteiger partial charge in [-0.2, -0.15) is 10.2 Å². The van der Waals surface area contributed by atoms with Crippen LogP contribution in [0, 0.1) is 0 Å². The van der Waals surface area contributed by atoms with Gasteiger partial charge in [0.15, 0.2) is 5.11 Å². The van der Waals surface area contributed by atoms with Crippen LogP contribution in [-0.4, -0.2) is 21.1 Å². The van der Waals surface area contributed by atoms with Crippen LogP contribution >= 0.6 is 35.4 Å². The number of nitrogens with two attached hydrogens (primary N) is 1. The Bertz CT molecular complexity index is 953. The molecule has 1 aromatic heterocycles. The van der Waals surface area contributed by atoms with Crippen LogP contribution in [0.3, 0.4) is 0 Å². The van der Waals surface area contributed by atoms with Gasteiger partial charge in [0.05, 0.1) is 22.8 Å². The van der Waals surface area contributed by atoms with Gasteiger partial charge in [-0.05, 0) is 29.9 Å². The van der Waals surface area contributed by atoms with Crippen molar-refractivity contribution in [1.29, 1.82) is 0 Å². The Morgan fingerprint density at radius 1 is 1.19 bits per heavy atom. The van der Waals surface area contributed by atoms with Crippen molar-refractivity contribution in [3.63, 3.8) is 0 Å². The van der Waals surface area contributed by atoms with Crippen molar-refractivity contribution < 1.29 is 0 Å². The monoisotopic (exact) mass is 403 g/mol. The van der Waals surface area contributed by atoms with E-state index in [1.54, 1.807) is 12.3 Å². The van der Waals surface area contributed by atoms with E-state index in [4.69, 9.17) is 41.2 Å². The van der Waals surface area contributed by atoms with Crippen molar-refractivity contribution in [2.24, 2.45) is 10.8 Å². The molecule has 3 aromatic rings. The maximum absolute atomic E-state index is 6.10. The molecule has 0 aliphatic heterocycles. The first-order chi connectivity index (χ1) is 12.5. The molecule has 0 unspecified atom stereocenters. The van der Waals surface area contributed by atoms with Crippen LogP contribution in [0.25, 0.3) is 11.3 Å². The molecule has 0 saturated heterocycles. The van der Waals surface area contributed by atoms with Crippen LogP contribution < -0.4 is 11.2 Å². The lowest BCUT2D eigenvalue weighted by molar-refractivity contribution is 0.689. The minimum absolute atomic E-state index is 0.103. The third-order valence-electron chi connectivity index (χ3n) is 3.54. The number of nitrogens with one attached hydrogen (secondary N) is 1. The smallest absolute Gasteiger partial charge is 0.184 e. The van der Waals surface area contributed by atoms with E-state index in [2.05, 4.69) is 15.6 Å². The predicted molar refractivity (Wildman–Crippen MR) is 111 cm³/mol. The Morgan fingerprint density at radius 2 is 1.96 bits per heavy atom. The standard InChI is InChI=1S/C18H15Cl2N5S/c19-15-7-6-12(8-16(15)20)10-25-11-14(9-22-23-18(21)26)17(24-25)13-4-2-1-3-5-13/h1-9,11H,10H2,(H3,21,23,26)/b22-9-. The van der Waals surface area contributed by atoms with Crippen LogP contribution in [0.2, 0.25) is 10.0 Å². The van der Waals surface area contributed by atoms with Crippen molar-refractivity contribution in [1.82, 2.24) is 15.2 Å². The summed E-state index contributed by atoms with van der Waals surface area (Å²) in [6.07, 6.45) is 3.54. The van der Waals surface area contributed by atoms with Gasteiger partial charge in [0.1, 0.15) is 5.69 Å². The molecule has 0 radical (unpaired) electrons. The third kappa shape index (κ3) is 4.60. The van der Waals surface area contributed by atoms with Crippen LogP contribution in [-0.2, 0) is 6.54 Å². The van der Waals surface area contributed by atoms with Gasteiger partial charge in [-0.15, -0.1) is 0 Å². The zero-order chi connectivity index (χ0) is 18.5. The summed E-state index contributed by atoms with van der Waals surface area (Å²) in [5.74, 6) is 0. The maximum atomic E-state index is 6.10. The van der Waals surface area contributed by atoms with Crippen molar-refractivity contribution >= 4 is 46.7 Å². The first-order valence-electron chi connectivity index (χ1n) is 7.68. The van der Waals surface area contributed by atoms with Crippen molar-refractivity contribution in [3.8, 4) is 11.3 Å². The highest BCUT2D eigenvalue weighted by Gasteiger charge is 2.10. The van der Waals surface area contributed by atoms with E-state index in [-0.39, 0.29) is 5.11 Å². The fourth-order valence-corrected chi connectivity index (χ4v) is 2.80. The SMILES string of the molecule is NC(=S)N/N=C\c1cn(Cc2ccc(Cl)c(Cl)c2)nc1-c1ccccc1. The molecular formula is C18H15Cl2N5S. The fourth-order valence-electron chi connectivity index (χ4n) is 2.42. The van der Waals surface area contributed by atoms with E-state index in [1.165, 1.54) is 0 Å². The van der Waals surface area contributed by atoms with Crippen molar-refractivity contribution in [2.45, 2.75) is 6.54 Å². The molecule has 5 nitrogen and oxygen atoms in total. The Balaban J connectivity index is 1.93. The van der Waals surface area contributed by atoms with Crippen LogP contribution in [0.4, 0.5) is 0 Å². The average Bonchev–Trinajstić information content (AvgIpc) is 3.01. The molecule has 1 heterocycles. The molecule has 0 fully saturated rings. The minimum Gasteiger partial charge on any atom is -0.375 e. The van der Waals surface area contributed by atoms with Crippen molar-refractivity contribution in [2.75, 3.05) is 0 Å². The molecule has 3 N–H and O–H groups in total. The van der Waals surface area contributed by atoms with Crippen LogP contribution in [0.5, 0.6) is 0 Å². The maximum Gasteiger partial charge on any atom is 0.184 e. The first-order valence-corrected chi connectivity index (χ1v) is 8.84. The Hall–Kier alpha value is -2.41. The predicted octanol–water partition coefficient (Wildman–Crippen LogP) is 4.07. The van der Waals surface area contributed by atoms with Gasteiger partial charge in [0.25, 0.3) is 0 Å². The molecular weight excluding hydrogens is 389 g/mol. The van der Waals surface area contributed by atoms with E-state index in [1.807, 2.05) is 53.3 Å². The number of halogens is 2. The van der Waals surface area contributed by atoms with E-state index < -0.39 is 0 Å². The summed E-state index contributed by atoms with van der Waals surface area (Å²) in [6, 6.07) is 15.4. The highest BCUT2D eigenvalue weighted by Crippen LogP contribution is 2.24. The quantitative estimate of drug-likeness (QED) is 0.382. The Kier molecular flexibility index (Phi) is 5.88. The molecule has 0 bridgehead atoms. The second-order valence-electron chi connectivity index (χ2n) is 5.48. The molecule has 0 aliphatic rings. The van der Waals surface area contributed by atoms with Crippen LogP contribution in [0.15, 0.2) is 59.8 Å². The summed E-state index contributed by atoms with van der Waals surface area (Å²) in [4.78, 5) is 0. The van der Waals surface area contributed by atoms with E-state index >= 15 is 0 Å². The fraction of sp³-hybridized carbons (Fsp3) is 0.0556. The number of hydrogen-bond donors (Lipinski definition) is 2. The molecule has 8 heteroatoms. The number of aromatic nitrogens is 2. The van der Waals surface area contributed by atoms with Gasteiger partial charge in [-0.1, -0.05) is 59.6 Å². The summed E-state index contributed by atoms with van der Waals surface area (Å²) in [5.41, 5.74) is 11.6. The summed E-state index contributed by atoms with van der Waals surface area (Å²) in [5, 5.41) is 9.87. The number of benzene rings is 2. The zero-order valence-electron chi connectivity index (χ0n) is 13.6. The number of hydrogen-bond acceptors (Lipinski definition) is 3. The molecule has 0 aliphatic carbocycles. The second-order valence-corrected chi connectivity index (χ2v) is 6.73. The summed E-state index contributed by atoms with van der Waals surface area (Å²) in [6.45, 7) is 0.549. The van der Waals surface area contributed by atoms with E-state index in [0.717, 1.165) is 22.4 Å². The lowest BCUT2D eigenvalue weighted by Crippen LogP contribution is -2.24. The Morgan fingerprint density at radius 3 is 2.65 bits per heavy atom. The number of rotatable bonds is 5. The second kappa shape index (κ2) is 8.31. The normalized spacial score (nSPS) is 11.0. The molecule has 2 aromatic carbocycles. The zero-order valence-corrected chi connectivity index (χ0v) is 15.9. The minimum atomic E-state index is 0.103. The largest absolute Gasteiger partial charge is 0.375 e. The van der Waals surface area contributed by atoms with Gasteiger partial charge in [0.2, 0.25) is 0 Å². The number of nitrogens with zero attached hydrogens (tertiary/aromatic N) is 3. The van der Waals surface area contributed by atoms with Gasteiger partial charge in [-0.25, -0.2) is 0 Å². The summed E-state index contributed by atoms with van der Waals surface area (Å²) in [7, 11) is 0. The van der Waals surface area contributed by atoms with Gasteiger partial charge >= 0.3 is 0 Å². The molecule has 132 valence electrons. The van der Waals surface area contributed by atoms with Crippen LogP contribution in [0.1, 0.15) is 11.1 Å². The summed E-state index contributed by atoms with van der Waals surface area (Å²) >= 11 is 16.8. The number of hydrazone groups is 1. The molecule has 0 saturated carbocycles. The highest BCUT2D eigenvalue weighted by molar-refractivity contribution is 7.80. The van der Waals surface area contributed by atoms with Gasteiger partial charge in [-0.3, -0.25) is 10.1 Å². The van der Waals surface area contributed by atoms with Crippen molar-refractivity contribution in [3.05, 3.63) is 75.9 Å². The number of thiocarbonyl (C=S) groups is 1. The molecule has 0 amide bonds. The average molecular weight is 404 g/mol. The molecule has 0 atom stereocenters. The molecule has 26 heavy (non-hydrogen) atoms. The topological polar surface area (TPSA) is 68.2 Å². The van der Waals surface area contributed by atoms with Gasteiger partial charge in [0, 0.05) is 17.3 Å². The lowest BCUT2D eigenvalue weighted by Gasteiger charge is -2.03. The molecule has 0 spiro atoms. The van der Waals surface area contributed by atoms with E-state index in [0.29, 0.717) is 16.6 Å². The highest BCUT2D eigenvalue weighted by atomic mass is 35.5.